The SMILES string of the molecule is CCOC(=O)C(CNC(=O)c1cc(OC)c(OCC(N)=O)c(OC)c1)Cc1ccccc1. The first kappa shape index (κ1) is 24.5. The maximum Gasteiger partial charge on any atom is 0.311 e. The molecule has 0 spiro atoms. The van der Waals surface area contributed by atoms with Gasteiger partial charge in [0, 0.05) is 12.1 Å². The lowest BCUT2D eigenvalue weighted by Gasteiger charge is -2.18. The van der Waals surface area contributed by atoms with E-state index in [1.165, 1.54) is 26.4 Å². The second kappa shape index (κ2) is 12.2. The Bertz CT molecular complexity index is 906. The molecule has 0 saturated heterocycles. The number of benzene rings is 2. The fraction of sp³-hybridized carbons (Fsp3) is 0.348. The third kappa shape index (κ3) is 6.90. The largest absolute Gasteiger partial charge is 0.493 e. The van der Waals surface area contributed by atoms with Crippen LogP contribution in [0.5, 0.6) is 17.2 Å². The van der Waals surface area contributed by atoms with Crippen molar-refractivity contribution in [3.63, 3.8) is 0 Å². The Balaban J connectivity index is 2.18. The van der Waals surface area contributed by atoms with Crippen LogP contribution in [0.4, 0.5) is 0 Å². The van der Waals surface area contributed by atoms with E-state index in [2.05, 4.69) is 5.32 Å². The Labute approximate surface area is 186 Å². The molecule has 0 fully saturated rings. The van der Waals surface area contributed by atoms with Crippen molar-refractivity contribution in [1.82, 2.24) is 5.32 Å². The molecule has 2 rings (SSSR count). The highest BCUT2D eigenvalue weighted by Crippen LogP contribution is 2.38. The molecule has 1 atom stereocenters. The van der Waals surface area contributed by atoms with Crippen LogP contribution in [0, 0.1) is 5.92 Å². The molecule has 32 heavy (non-hydrogen) atoms. The van der Waals surface area contributed by atoms with Crippen molar-refractivity contribution in [1.29, 1.82) is 0 Å². The van der Waals surface area contributed by atoms with E-state index in [0.29, 0.717) is 6.42 Å². The van der Waals surface area contributed by atoms with Gasteiger partial charge in [-0.25, -0.2) is 0 Å². The van der Waals surface area contributed by atoms with E-state index in [1.807, 2.05) is 30.3 Å². The van der Waals surface area contributed by atoms with Crippen molar-refractivity contribution >= 4 is 17.8 Å². The van der Waals surface area contributed by atoms with Crippen molar-refractivity contribution < 1.29 is 33.3 Å². The molecule has 9 heteroatoms. The average molecular weight is 444 g/mol. The summed E-state index contributed by atoms with van der Waals surface area (Å²) in [5.41, 5.74) is 6.31. The molecule has 9 nitrogen and oxygen atoms in total. The molecule has 0 aliphatic heterocycles. The predicted molar refractivity (Wildman–Crippen MR) is 117 cm³/mol. The van der Waals surface area contributed by atoms with Crippen LogP contribution in [-0.2, 0) is 20.7 Å². The molecule has 0 aromatic heterocycles. The summed E-state index contributed by atoms with van der Waals surface area (Å²) < 4.78 is 21.1. The first-order valence-electron chi connectivity index (χ1n) is 10.0. The quantitative estimate of drug-likeness (QED) is 0.477. The van der Waals surface area contributed by atoms with Crippen LogP contribution in [0.25, 0.3) is 0 Å². The second-order valence-corrected chi connectivity index (χ2v) is 6.81. The molecule has 0 heterocycles. The molecule has 2 aromatic carbocycles. The monoisotopic (exact) mass is 444 g/mol. The Kier molecular flexibility index (Phi) is 9.34. The van der Waals surface area contributed by atoms with Gasteiger partial charge in [-0.15, -0.1) is 0 Å². The lowest BCUT2D eigenvalue weighted by molar-refractivity contribution is -0.147. The van der Waals surface area contributed by atoms with Gasteiger partial charge in [-0.05, 0) is 31.0 Å². The van der Waals surface area contributed by atoms with Crippen molar-refractivity contribution in [3.05, 3.63) is 53.6 Å². The Morgan fingerprint density at radius 3 is 2.19 bits per heavy atom. The highest BCUT2D eigenvalue weighted by molar-refractivity contribution is 5.96. The molecule has 0 saturated carbocycles. The summed E-state index contributed by atoms with van der Waals surface area (Å²) in [5, 5.41) is 2.77. The van der Waals surface area contributed by atoms with Gasteiger partial charge in [0.2, 0.25) is 5.75 Å². The molecular formula is C23H28N2O7. The number of carbonyl (C=O) groups excluding carboxylic acids is 3. The highest BCUT2D eigenvalue weighted by atomic mass is 16.5. The van der Waals surface area contributed by atoms with E-state index < -0.39 is 17.7 Å². The zero-order chi connectivity index (χ0) is 23.5. The lowest BCUT2D eigenvalue weighted by Crippen LogP contribution is -2.35. The third-order valence-electron chi connectivity index (χ3n) is 4.54. The molecule has 0 radical (unpaired) electrons. The van der Waals surface area contributed by atoms with Crippen LogP contribution >= 0.6 is 0 Å². The molecule has 0 aliphatic carbocycles. The number of esters is 1. The van der Waals surface area contributed by atoms with Gasteiger partial charge < -0.3 is 30.0 Å². The standard InChI is InChI=1S/C23H28N2O7/c1-4-31-23(28)17(10-15-8-6-5-7-9-15)13-25-22(27)16-11-18(29-2)21(19(12-16)30-3)32-14-20(24)26/h5-9,11-12,17H,4,10,13-14H2,1-3H3,(H2,24,26)(H,25,27). The van der Waals surface area contributed by atoms with Crippen molar-refractivity contribution in [2.45, 2.75) is 13.3 Å². The third-order valence-corrected chi connectivity index (χ3v) is 4.54. The van der Waals surface area contributed by atoms with Crippen molar-refractivity contribution in [3.8, 4) is 17.2 Å². The normalized spacial score (nSPS) is 11.2. The number of methoxy groups -OCH3 is 2. The zero-order valence-corrected chi connectivity index (χ0v) is 18.4. The fourth-order valence-electron chi connectivity index (χ4n) is 3.01. The zero-order valence-electron chi connectivity index (χ0n) is 18.4. The van der Waals surface area contributed by atoms with Crippen LogP contribution in [0.15, 0.2) is 42.5 Å². The van der Waals surface area contributed by atoms with Crippen LogP contribution < -0.4 is 25.3 Å². The predicted octanol–water partition coefficient (Wildman–Crippen LogP) is 1.72. The van der Waals surface area contributed by atoms with Gasteiger partial charge >= 0.3 is 5.97 Å². The minimum Gasteiger partial charge on any atom is -0.493 e. The van der Waals surface area contributed by atoms with Crippen LogP contribution in [-0.4, -0.2) is 51.8 Å². The van der Waals surface area contributed by atoms with Gasteiger partial charge in [0.15, 0.2) is 18.1 Å². The van der Waals surface area contributed by atoms with Gasteiger partial charge in [-0.2, -0.15) is 0 Å². The van der Waals surface area contributed by atoms with Crippen molar-refractivity contribution in [2.24, 2.45) is 11.7 Å². The first-order chi connectivity index (χ1) is 15.4. The molecule has 172 valence electrons. The van der Waals surface area contributed by atoms with E-state index >= 15 is 0 Å². The average Bonchev–Trinajstić information content (AvgIpc) is 2.80. The molecule has 0 bridgehead atoms. The minimum absolute atomic E-state index is 0.0805. The number of ether oxygens (including phenoxy) is 4. The van der Waals surface area contributed by atoms with E-state index in [4.69, 9.17) is 24.7 Å². The maximum absolute atomic E-state index is 12.8. The lowest BCUT2D eigenvalue weighted by atomic mass is 9.99. The number of amides is 2. The summed E-state index contributed by atoms with van der Waals surface area (Å²) in [4.78, 5) is 36.3. The molecule has 0 aliphatic rings. The Morgan fingerprint density at radius 1 is 1.03 bits per heavy atom. The summed E-state index contributed by atoms with van der Waals surface area (Å²) >= 11 is 0. The van der Waals surface area contributed by atoms with Crippen LogP contribution in [0.1, 0.15) is 22.8 Å². The van der Waals surface area contributed by atoms with E-state index in [1.54, 1.807) is 6.92 Å². The first-order valence-corrected chi connectivity index (χ1v) is 10.0. The number of carbonyl (C=O) groups is 3. The van der Waals surface area contributed by atoms with Gasteiger partial charge in [0.25, 0.3) is 11.8 Å². The number of hydrogen-bond donors (Lipinski definition) is 2. The molecular weight excluding hydrogens is 416 g/mol. The van der Waals surface area contributed by atoms with Gasteiger partial charge in [-0.1, -0.05) is 30.3 Å². The number of primary amides is 1. The number of nitrogens with one attached hydrogen (secondary N) is 1. The van der Waals surface area contributed by atoms with E-state index in [0.717, 1.165) is 5.56 Å². The van der Waals surface area contributed by atoms with Gasteiger partial charge in [-0.3, -0.25) is 14.4 Å². The van der Waals surface area contributed by atoms with Crippen LogP contribution in [0.2, 0.25) is 0 Å². The molecule has 2 aromatic rings. The molecule has 3 N–H and O–H groups in total. The maximum atomic E-state index is 12.8. The summed E-state index contributed by atoms with van der Waals surface area (Å²) in [6.07, 6.45) is 0.423. The smallest absolute Gasteiger partial charge is 0.311 e. The van der Waals surface area contributed by atoms with E-state index in [-0.39, 0.29) is 48.5 Å². The summed E-state index contributed by atoms with van der Waals surface area (Å²) in [7, 11) is 2.79. The van der Waals surface area contributed by atoms with Gasteiger partial charge in [0.1, 0.15) is 0 Å². The number of nitrogens with two attached hydrogens (primary N) is 1. The van der Waals surface area contributed by atoms with Crippen LogP contribution in [0.3, 0.4) is 0 Å². The summed E-state index contributed by atoms with van der Waals surface area (Å²) in [6, 6.07) is 12.4. The minimum atomic E-state index is -0.667. The summed E-state index contributed by atoms with van der Waals surface area (Å²) in [5.74, 6) is -1.50. The summed E-state index contributed by atoms with van der Waals surface area (Å²) in [6.45, 7) is 1.69. The fourth-order valence-corrected chi connectivity index (χ4v) is 3.01. The second-order valence-electron chi connectivity index (χ2n) is 6.81. The van der Waals surface area contributed by atoms with E-state index in [9.17, 15) is 14.4 Å². The Hall–Kier alpha value is -3.75. The number of rotatable bonds is 12. The molecule has 2 amide bonds. The Morgan fingerprint density at radius 2 is 1.66 bits per heavy atom. The molecule has 1 unspecified atom stereocenters. The highest BCUT2D eigenvalue weighted by Gasteiger charge is 2.23. The topological polar surface area (TPSA) is 126 Å². The van der Waals surface area contributed by atoms with Crippen molar-refractivity contribution in [2.75, 3.05) is 34.0 Å². The number of hydrogen-bond acceptors (Lipinski definition) is 7. The van der Waals surface area contributed by atoms with Gasteiger partial charge in [0.05, 0.1) is 26.7 Å².